The lowest BCUT2D eigenvalue weighted by Crippen LogP contribution is -2.42. The Morgan fingerprint density at radius 3 is 2.92 bits per heavy atom. The smallest absolute Gasteiger partial charge is 0.383 e. The van der Waals surface area contributed by atoms with Crippen molar-refractivity contribution >= 4 is 23.3 Å². The van der Waals surface area contributed by atoms with Crippen molar-refractivity contribution < 1.29 is 22.7 Å². The number of amides is 1. The highest BCUT2D eigenvalue weighted by Gasteiger charge is 2.33. The van der Waals surface area contributed by atoms with Crippen LogP contribution in [0.4, 0.5) is 19.0 Å². The van der Waals surface area contributed by atoms with Gasteiger partial charge in [-0.2, -0.15) is 13.2 Å². The van der Waals surface area contributed by atoms with E-state index in [4.69, 9.17) is 16.3 Å². The van der Waals surface area contributed by atoms with Gasteiger partial charge in [-0.15, -0.1) is 0 Å². The van der Waals surface area contributed by atoms with E-state index in [9.17, 15) is 18.0 Å². The van der Waals surface area contributed by atoms with Gasteiger partial charge in [0.05, 0.1) is 23.7 Å². The fourth-order valence-electron chi connectivity index (χ4n) is 2.54. The number of carbonyl (C=O) groups excluding carboxylic acids is 1. The summed E-state index contributed by atoms with van der Waals surface area (Å²) in [4.78, 5) is 17.4. The number of hydrogen-bond acceptors (Lipinski definition) is 5. The maximum atomic E-state index is 12.7. The molecule has 1 aliphatic rings. The van der Waals surface area contributed by atoms with Crippen molar-refractivity contribution in [2.24, 2.45) is 0 Å². The Morgan fingerprint density at radius 2 is 2.28 bits per heavy atom. The lowest BCUT2D eigenvalue weighted by atomic mass is 10.2. The number of rotatable bonds is 7. The van der Waals surface area contributed by atoms with Crippen molar-refractivity contribution in [2.45, 2.75) is 18.6 Å². The van der Waals surface area contributed by atoms with E-state index in [0.29, 0.717) is 38.5 Å². The van der Waals surface area contributed by atoms with Gasteiger partial charge in [-0.1, -0.05) is 11.6 Å². The Balaban J connectivity index is 1.87. The Labute approximate surface area is 148 Å². The van der Waals surface area contributed by atoms with Gasteiger partial charge >= 0.3 is 6.18 Å². The van der Waals surface area contributed by atoms with Crippen LogP contribution in [0, 0.1) is 0 Å². The monoisotopic (exact) mass is 380 g/mol. The van der Waals surface area contributed by atoms with Crippen LogP contribution in [-0.2, 0) is 15.7 Å². The molecule has 0 saturated carbocycles. The molecule has 6 nitrogen and oxygen atoms in total. The van der Waals surface area contributed by atoms with Crippen LogP contribution < -0.4 is 15.5 Å². The minimum absolute atomic E-state index is 0.0527. The van der Waals surface area contributed by atoms with Crippen LogP contribution in [0.5, 0.6) is 0 Å². The molecule has 1 aromatic heterocycles. The van der Waals surface area contributed by atoms with Crippen molar-refractivity contribution in [1.29, 1.82) is 0 Å². The van der Waals surface area contributed by atoms with Gasteiger partial charge in [-0.25, -0.2) is 4.98 Å². The summed E-state index contributed by atoms with van der Waals surface area (Å²) in [6.45, 7) is 2.27. The van der Waals surface area contributed by atoms with Gasteiger partial charge in [0.15, 0.2) is 0 Å². The van der Waals surface area contributed by atoms with E-state index in [2.05, 4.69) is 15.6 Å². The van der Waals surface area contributed by atoms with Crippen molar-refractivity contribution in [2.75, 3.05) is 44.8 Å². The number of carbonyl (C=O) groups is 1. The van der Waals surface area contributed by atoms with E-state index in [1.165, 1.54) is 0 Å². The normalized spacial score (nSPS) is 17.8. The standard InChI is InChI=1S/C15H20ClF3N4O2/c1-25-5-3-20-8-13(24)22-11-2-4-23(9-11)14-12(16)6-10(7-21-14)15(17,18)19/h6-7,11,20H,2-5,8-9H2,1H3,(H,22,24). The van der Waals surface area contributed by atoms with Gasteiger partial charge < -0.3 is 20.3 Å². The summed E-state index contributed by atoms with van der Waals surface area (Å²) in [5, 5.41) is 5.76. The molecular formula is C15H20ClF3N4O2. The molecule has 0 aromatic carbocycles. The third kappa shape index (κ3) is 5.72. The molecule has 25 heavy (non-hydrogen) atoms. The molecule has 1 aromatic rings. The van der Waals surface area contributed by atoms with Crippen LogP contribution in [0.2, 0.25) is 5.02 Å². The highest BCUT2D eigenvalue weighted by atomic mass is 35.5. The van der Waals surface area contributed by atoms with E-state index >= 15 is 0 Å². The number of ether oxygens (including phenoxy) is 1. The minimum Gasteiger partial charge on any atom is -0.383 e. The predicted molar refractivity (Wildman–Crippen MR) is 87.8 cm³/mol. The first-order chi connectivity index (χ1) is 11.8. The summed E-state index contributed by atoms with van der Waals surface area (Å²) in [7, 11) is 1.58. The summed E-state index contributed by atoms with van der Waals surface area (Å²) < 4.78 is 42.8. The van der Waals surface area contributed by atoms with E-state index in [0.717, 1.165) is 12.3 Å². The van der Waals surface area contributed by atoms with Crippen LogP contribution in [0.3, 0.4) is 0 Å². The van der Waals surface area contributed by atoms with E-state index in [1.54, 1.807) is 12.0 Å². The number of nitrogens with zero attached hydrogens (tertiary/aromatic N) is 2. The van der Waals surface area contributed by atoms with Gasteiger partial charge in [-0.3, -0.25) is 4.79 Å². The molecule has 1 unspecified atom stereocenters. The third-order valence-electron chi connectivity index (χ3n) is 3.77. The zero-order chi connectivity index (χ0) is 18.4. The minimum atomic E-state index is -4.48. The van der Waals surface area contributed by atoms with Crippen molar-refractivity contribution in [3.05, 3.63) is 22.8 Å². The average molecular weight is 381 g/mol. The number of aromatic nitrogens is 1. The van der Waals surface area contributed by atoms with Crippen molar-refractivity contribution in [3.8, 4) is 0 Å². The lowest BCUT2D eigenvalue weighted by Gasteiger charge is -2.20. The number of halogens is 4. The first-order valence-corrected chi connectivity index (χ1v) is 8.15. The SMILES string of the molecule is COCCNCC(=O)NC1CCN(c2ncc(C(F)(F)F)cc2Cl)C1. The summed E-state index contributed by atoms with van der Waals surface area (Å²) in [5.41, 5.74) is -0.882. The molecule has 0 aliphatic carbocycles. The molecule has 1 atom stereocenters. The molecule has 2 heterocycles. The Bertz CT molecular complexity index is 601. The van der Waals surface area contributed by atoms with Crippen LogP contribution in [0.15, 0.2) is 12.3 Å². The predicted octanol–water partition coefficient (Wildman–Crippen LogP) is 1.68. The van der Waals surface area contributed by atoms with Crippen LogP contribution in [0.25, 0.3) is 0 Å². The molecule has 10 heteroatoms. The van der Waals surface area contributed by atoms with Gasteiger partial charge in [0.2, 0.25) is 5.91 Å². The Kier molecular flexibility index (Phi) is 6.86. The lowest BCUT2D eigenvalue weighted by molar-refractivity contribution is -0.137. The Morgan fingerprint density at radius 1 is 1.52 bits per heavy atom. The summed E-state index contributed by atoms with van der Waals surface area (Å²) >= 11 is 5.95. The molecule has 2 rings (SSSR count). The van der Waals surface area contributed by atoms with Crippen LogP contribution in [0.1, 0.15) is 12.0 Å². The number of alkyl halides is 3. The van der Waals surface area contributed by atoms with E-state index < -0.39 is 11.7 Å². The zero-order valence-electron chi connectivity index (χ0n) is 13.7. The number of nitrogens with one attached hydrogen (secondary N) is 2. The number of hydrogen-bond donors (Lipinski definition) is 2. The molecule has 0 spiro atoms. The second kappa shape index (κ2) is 8.68. The third-order valence-corrected chi connectivity index (χ3v) is 4.05. The molecule has 1 amide bonds. The van der Waals surface area contributed by atoms with E-state index in [1.807, 2.05) is 0 Å². The van der Waals surface area contributed by atoms with Crippen LogP contribution >= 0.6 is 11.6 Å². The summed E-state index contributed by atoms with van der Waals surface area (Å²) in [6, 6.07) is 0.770. The van der Waals surface area contributed by atoms with Crippen molar-refractivity contribution in [3.63, 3.8) is 0 Å². The highest BCUT2D eigenvalue weighted by Crippen LogP contribution is 2.34. The largest absolute Gasteiger partial charge is 0.417 e. The zero-order valence-corrected chi connectivity index (χ0v) is 14.5. The van der Waals surface area contributed by atoms with E-state index in [-0.39, 0.29) is 23.5 Å². The molecule has 2 N–H and O–H groups in total. The number of anilines is 1. The summed E-state index contributed by atoms with van der Waals surface area (Å²) in [6.07, 6.45) is -3.04. The van der Waals surface area contributed by atoms with Gasteiger partial charge in [0.25, 0.3) is 0 Å². The molecule has 0 bridgehead atoms. The van der Waals surface area contributed by atoms with Crippen molar-refractivity contribution in [1.82, 2.24) is 15.6 Å². The second-order valence-corrected chi connectivity index (χ2v) is 6.10. The molecule has 1 aliphatic heterocycles. The first kappa shape index (κ1) is 19.7. The molecule has 140 valence electrons. The molecule has 1 fully saturated rings. The maximum Gasteiger partial charge on any atom is 0.417 e. The van der Waals surface area contributed by atoms with Gasteiger partial charge in [0, 0.05) is 39.0 Å². The highest BCUT2D eigenvalue weighted by molar-refractivity contribution is 6.33. The topological polar surface area (TPSA) is 66.5 Å². The maximum absolute atomic E-state index is 12.7. The van der Waals surface area contributed by atoms with Gasteiger partial charge in [0.1, 0.15) is 5.82 Å². The van der Waals surface area contributed by atoms with Gasteiger partial charge in [-0.05, 0) is 12.5 Å². The average Bonchev–Trinajstić information content (AvgIpc) is 2.98. The Hall–Kier alpha value is -1.58. The molecular weight excluding hydrogens is 361 g/mol. The number of methoxy groups -OCH3 is 1. The molecule has 0 radical (unpaired) electrons. The quantitative estimate of drug-likeness (QED) is 0.705. The fourth-order valence-corrected chi connectivity index (χ4v) is 2.83. The van der Waals surface area contributed by atoms with Crippen LogP contribution in [-0.4, -0.2) is 56.8 Å². The summed E-state index contributed by atoms with van der Waals surface area (Å²) in [5.74, 6) is 0.152. The first-order valence-electron chi connectivity index (χ1n) is 7.78. The fraction of sp³-hybridized carbons (Fsp3) is 0.600. The molecule has 1 saturated heterocycles. The second-order valence-electron chi connectivity index (χ2n) is 5.70. The number of pyridine rings is 1.